The van der Waals surface area contributed by atoms with Crippen LogP contribution >= 0.6 is 0 Å². The van der Waals surface area contributed by atoms with Gasteiger partial charge in [0.15, 0.2) is 0 Å². The minimum atomic E-state index is 0.134. The summed E-state index contributed by atoms with van der Waals surface area (Å²) in [6.45, 7) is 3.72. The maximum absolute atomic E-state index is 12.3. The number of carbonyl (C=O) groups is 1. The molecule has 1 aliphatic carbocycles. The molecule has 5 nitrogen and oxygen atoms in total. The van der Waals surface area contributed by atoms with Crippen LogP contribution in [0.5, 0.6) is 0 Å². The molecule has 1 heterocycles. The minimum absolute atomic E-state index is 0.134. The third kappa shape index (κ3) is 3.15. The lowest BCUT2D eigenvalue weighted by Crippen LogP contribution is -2.42. The van der Waals surface area contributed by atoms with Crippen molar-refractivity contribution in [3.05, 3.63) is 17.0 Å². The molecule has 1 saturated carbocycles. The van der Waals surface area contributed by atoms with Gasteiger partial charge in [-0.05, 0) is 39.5 Å². The average molecular weight is 265 g/mol. The third-order valence-electron chi connectivity index (χ3n) is 4.19. The van der Waals surface area contributed by atoms with Crippen molar-refractivity contribution in [3.8, 4) is 0 Å². The first kappa shape index (κ1) is 14.1. The third-order valence-corrected chi connectivity index (χ3v) is 4.19. The lowest BCUT2D eigenvalue weighted by atomic mass is 9.90. The van der Waals surface area contributed by atoms with Crippen molar-refractivity contribution < 1.29 is 9.32 Å². The van der Waals surface area contributed by atoms with E-state index in [4.69, 9.17) is 10.3 Å². The predicted octanol–water partition coefficient (Wildman–Crippen LogP) is 1.56. The molecular weight excluding hydrogens is 242 g/mol. The van der Waals surface area contributed by atoms with Crippen LogP contribution in [0.15, 0.2) is 4.52 Å². The van der Waals surface area contributed by atoms with Gasteiger partial charge in [-0.3, -0.25) is 4.79 Å². The zero-order valence-corrected chi connectivity index (χ0v) is 12.0. The van der Waals surface area contributed by atoms with Gasteiger partial charge in [0.2, 0.25) is 5.91 Å². The summed E-state index contributed by atoms with van der Waals surface area (Å²) < 4.78 is 5.10. The molecule has 0 aliphatic heterocycles. The monoisotopic (exact) mass is 265 g/mol. The smallest absolute Gasteiger partial charge is 0.227 e. The number of nitrogens with zero attached hydrogens (tertiary/aromatic N) is 2. The fraction of sp³-hybridized carbons (Fsp3) is 0.714. The van der Waals surface area contributed by atoms with E-state index in [2.05, 4.69) is 5.16 Å². The zero-order valence-electron chi connectivity index (χ0n) is 12.0. The van der Waals surface area contributed by atoms with Crippen molar-refractivity contribution in [1.29, 1.82) is 0 Å². The van der Waals surface area contributed by atoms with Gasteiger partial charge < -0.3 is 15.2 Å². The SMILES string of the molecule is Cc1noc(C)c1CC(=O)N(C)C1CCC(N)CC1. The maximum Gasteiger partial charge on any atom is 0.227 e. The van der Waals surface area contributed by atoms with E-state index in [1.165, 1.54) is 0 Å². The largest absolute Gasteiger partial charge is 0.361 e. The highest BCUT2D eigenvalue weighted by molar-refractivity contribution is 5.79. The standard InChI is InChI=1S/C14H23N3O2/c1-9-13(10(2)19-16-9)8-14(18)17(3)12-6-4-11(15)5-7-12/h11-12H,4-8,15H2,1-3H3. The molecule has 1 aliphatic rings. The van der Waals surface area contributed by atoms with Crippen LogP contribution in [0.2, 0.25) is 0 Å². The molecule has 0 unspecified atom stereocenters. The Morgan fingerprint density at radius 1 is 1.37 bits per heavy atom. The van der Waals surface area contributed by atoms with Crippen LogP contribution in [-0.2, 0) is 11.2 Å². The molecule has 0 spiro atoms. The van der Waals surface area contributed by atoms with Gasteiger partial charge in [0.25, 0.3) is 0 Å². The van der Waals surface area contributed by atoms with Crippen molar-refractivity contribution in [2.45, 2.75) is 58.0 Å². The maximum atomic E-state index is 12.3. The molecule has 0 bridgehead atoms. The Morgan fingerprint density at radius 3 is 2.53 bits per heavy atom. The molecule has 2 N–H and O–H groups in total. The average Bonchev–Trinajstić information content (AvgIpc) is 2.70. The van der Waals surface area contributed by atoms with Crippen molar-refractivity contribution in [3.63, 3.8) is 0 Å². The number of amides is 1. The fourth-order valence-electron chi connectivity index (χ4n) is 2.72. The summed E-state index contributed by atoms with van der Waals surface area (Å²) in [5.74, 6) is 0.875. The molecule has 0 aromatic carbocycles. The molecular formula is C14H23N3O2. The van der Waals surface area contributed by atoms with Crippen molar-refractivity contribution >= 4 is 5.91 Å². The van der Waals surface area contributed by atoms with Gasteiger partial charge in [-0.2, -0.15) is 0 Å². The highest BCUT2D eigenvalue weighted by Crippen LogP contribution is 2.22. The van der Waals surface area contributed by atoms with E-state index in [9.17, 15) is 4.79 Å². The molecule has 1 fully saturated rings. The topological polar surface area (TPSA) is 72.4 Å². The lowest BCUT2D eigenvalue weighted by molar-refractivity contribution is -0.131. The van der Waals surface area contributed by atoms with E-state index in [-0.39, 0.29) is 5.91 Å². The zero-order chi connectivity index (χ0) is 14.0. The molecule has 0 radical (unpaired) electrons. The highest BCUT2D eigenvalue weighted by Gasteiger charge is 2.26. The van der Waals surface area contributed by atoms with Crippen LogP contribution < -0.4 is 5.73 Å². The molecule has 106 valence electrons. The van der Waals surface area contributed by atoms with Gasteiger partial charge in [0.1, 0.15) is 5.76 Å². The molecule has 1 amide bonds. The first-order valence-electron chi connectivity index (χ1n) is 6.92. The summed E-state index contributed by atoms with van der Waals surface area (Å²) >= 11 is 0. The van der Waals surface area contributed by atoms with Gasteiger partial charge in [-0.1, -0.05) is 5.16 Å². The normalized spacial score (nSPS) is 23.4. The molecule has 0 saturated heterocycles. The second kappa shape index (κ2) is 5.74. The Hall–Kier alpha value is -1.36. The van der Waals surface area contributed by atoms with Gasteiger partial charge in [0.05, 0.1) is 12.1 Å². The van der Waals surface area contributed by atoms with Crippen molar-refractivity contribution in [1.82, 2.24) is 10.1 Å². The molecule has 19 heavy (non-hydrogen) atoms. The van der Waals surface area contributed by atoms with Crippen LogP contribution in [0.3, 0.4) is 0 Å². The van der Waals surface area contributed by atoms with E-state index in [1.54, 1.807) is 0 Å². The van der Waals surface area contributed by atoms with Gasteiger partial charge in [0, 0.05) is 24.7 Å². The molecule has 2 rings (SSSR count). The van der Waals surface area contributed by atoms with E-state index >= 15 is 0 Å². The molecule has 5 heteroatoms. The van der Waals surface area contributed by atoms with E-state index in [1.807, 2.05) is 25.8 Å². The Kier molecular flexibility index (Phi) is 4.24. The number of aromatic nitrogens is 1. The lowest BCUT2D eigenvalue weighted by Gasteiger charge is -2.33. The quantitative estimate of drug-likeness (QED) is 0.900. The fourth-order valence-corrected chi connectivity index (χ4v) is 2.72. The summed E-state index contributed by atoms with van der Waals surface area (Å²) in [5, 5.41) is 3.89. The molecule has 1 aromatic rings. The predicted molar refractivity (Wildman–Crippen MR) is 72.7 cm³/mol. The van der Waals surface area contributed by atoms with E-state index in [0.717, 1.165) is 42.7 Å². The molecule has 0 atom stereocenters. The van der Waals surface area contributed by atoms with E-state index in [0.29, 0.717) is 18.5 Å². The Balaban J connectivity index is 1.96. The first-order valence-corrected chi connectivity index (χ1v) is 6.92. The number of aryl methyl sites for hydroxylation is 2. The van der Waals surface area contributed by atoms with Gasteiger partial charge >= 0.3 is 0 Å². The second-order valence-corrected chi connectivity index (χ2v) is 5.55. The number of hydrogen-bond donors (Lipinski definition) is 1. The minimum Gasteiger partial charge on any atom is -0.361 e. The summed E-state index contributed by atoms with van der Waals surface area (Å²) in [6, 6.07) is 0.634. The number of carbonyl (C=O) groups excluding carboxylic acids is 1. The van der Waals surface area contributed by atoms with Crippen LogP contribution in [0.1, 0.15) is 42.7 Å². The summed E-state index contributed by atoms with van der Waals surface area (Å²) in [4.78, 5) is 14.2. The first-order chi connectivity index (χ1) is 8.99. The second-order valence-electron chi connectivity index (χ2n) is 5.55. The van der Waals surface area contributed by atoms with Gasteiger partial charge in [-0.15, -0.1) is 0 Å². The van der Waals surface area contributed by atoms with Crippen LogP contribution in [0.4, 0.5) is 0 Å². The summed E-state index contributed by atoms with van der Waals surface area (Å²) in [7, 11) is 1.89. The van der Waals surface area contributed by atoms with Crippen LogP contribution in [-0.4, -0.2) is 35.1 Å². The van der Waals surface area contributed by atoms with Crippen LogP contribution in [0, 0.1) is 13.8 Å². The molecule has 1 aromatic heterocycles. The number of nitrogens with two attached hydrogens (primary N) is 1. The van der Waals surface area contributed by atoms with Crippen LogP contribution in [0.25, 0.3) is 0 Å². The Bertz CT molecular complexity index is 428. The summed E-state index contributed by atoms with van der Waals surface area (Å²) in [6.07, 6.45) is 4.40. The van der Waals surface area contributed by atoms with Crippen molar-refractivity contribution in [2.24, 2.45) is 5.73 Å². The van der Waals surface area contributed by atoms with E-state index < -0.39 is 0 Å². The summed E-state index contributed by atoms with van der Waals surface area (Å²) in [5.41, 5.74) is 7.63. The van der Waals surface area contributed by atoms with Gasteiger partial charge in [-0.25, -0.2) is 0 Å². The van der Waals surface area contributed by atoms with Crippen molar-refractivity contribution in [2.75, 3.05) is 7.05 Å². The Morgan fingerprint density at radius 2 is 2.00 bits per heavy atom. The highest BCUT2D eigenvalue weighted by atomic mass is 16.5. The number of likely N-dealkylation sites (N-methyl/N-ethyl adjacent to an activating group) is 1. The Labute approximate surface area is 114 Å². The number of hydrogen-bond acceptors (Lipinski definition) is 4. The number of rotatable bonds is 3.